The summed E-state index contributed by atoms with van der Waals surface area (Å²) in [5, 5.41) is 8.04. The average molecular weight is 429 g/mol. The molecule has 8 heteroatoms. The quantitative estimate of drug-likeness (QED) is 0.658. The Morgan fingerprint density at radius 1 is 1.10 bits per heavy atom. The van der Waals surface area contributed by atoms with Crippen LogP contribution in [-0.4, -0.2) is 36.3 Å². The van der Waals surface area contributed by atoms with Gasteiger partial charge in [-0.1, -0.05) is 30.3 Å². The second-order valence-electron chi connectivity index (χ2n) is 7.73. The van der Waals surface area contributed by atoms with Crippen molar-refractivity contribution in [2.24, 2.45) is 0 Å². The molecule has 6 nitrogen and oxygen atoms in total. The van der Waals surface area contributed by atoms with Gasteiger partial charge in [0.25, 0.3) is 0 Å². The van der Waals surface area contributed by atoms with E-state index in [1.807, 2.05) is 30.3 Å². The van der Waals surface area contributed by atoms with Crippen LogP contribution in [0.5, 0.6) is 0 Å². The maximum Gasteiger partial charge on any atom is 0.242 e. The molecule has 2 aromatic rings. The molecule has 1 fully saturated rings. The van der Waals surface area contributed by atoms with Gasteiger partial charge in [0, 0.05) is 18.5 Å². The summed E-state index contributed by atoms with van der Waals surface area (Å²) in [4.78, 5) is 37.0. The zero-order valence-corrected chi connectivity index (χ0v) is 17.2. The van der Waals surface area contributed by atoms with Gasteiger partial charge in [0.2, 0.25) is 17.7 Å². The summed E-state index contributed by atoms with van der Waals surface area (Å²) in [5.74, 6) is -2.71. The molecule has 3 rings (SSSR count). The lowest BCUT2D eigenvalue weighted by atomic mass is 9.94. The Bertz CT molecular complexity index is 932. The van der Waals surface area contributed by atoms with E-state index in [1.165, 1.54) is 6.92 Å². The molecular weight excluding hydrogens is 404 g/mol. The van der Waals surface area contributed by atoms with Crippen LogP contribution >= 0.6 is 0 Å². The highest BCUT2D eigenvalue weighted by Gasteiger charge is 2.28. The first-order valence-electron chi connectivity index (χ1n) is 10.2. The zero-order valence-electron chi connectivity index (χ0n) is 17.2. The fourth-order valence-electron chi connectivity index (χ4n) is 3.65. The molecule has 0 radical (unpaired) electrons. The van der Waals surface area contributed by atoms with E-state index < -0.39 is 35.5 Å². The topological polar surface area (TPSA) is 87.3 Å². The van der Waals surface area contributed by atoms with Crippen LogP contribution in [-0.2, 0) is 20.8 Å². The van der Waals surface area contributed by atoms with Crippen LogP contribution in [0.1, 0.15) is 36.8 Å². The smallest absolute Gasteiger partial charge is 0.242 e. The molecule has 31 heavy (non-hydrogen) atoms. The zero-order chi connectivity index (χ0) is 22.4. The Hall–Kier alpha value is -3.29. The van der Waals surface area contributed by atoms with Crippen LogP contribution in [0.4, 0.5) is 8.78 Å². The molecule has 1 saturated heterocycles. The molecule has 2 aromatic carbocycles. The standard InChI is InChI=1S/C23H25F2N3O3/c1-14(27-21(29)11-15-9-18(24)12-19(25)10-15)22(30)28-20-8-7-17(13-26-23(20)31)16-5-3-2-4-6-16/h2-6,9-10,12,14,17,20H,7-8,11,13H2,1H3,(H,26,31)(H,27,29)(H,28,30)/t14-,17+,20-/m0/s1. The molecule has 3 atom stereocenters. The number of hydrogen-bond acceptors (Lipinski definition) is 3. The van der Waals surface area contributed by atoms with Gasteiger partial charge in [0.15, 0.2) is 0 Å². The van der Waals surface area contributed by atoms with Gasteiger partial charge < -0.3 is 16.0 Å². The van der Waals surface area contributed by atoms with E-state index in [9.17, 15) is 23.2 Å². The van der Waals surface area contributed by atoms with Crippen LogP contribution in [0.2, 0.25) is 0 Å². The number of carbonyl (C=O) groups excluding carboxylic acids is 3. The summed E-state index contributed by atoms with van der Waals surface area (Å²) in [6.45, 7) is 1.98. The molecule has 164 valence electrons. The van der Waals surface area contributed by atoms with Gasteiger partial charge in [0.05, 0.1) is 6.42 Å². The lowest BCUT2D eigenvalue weighted by Gasteiger charge is -2.19. The van der Waals surface area contributed by atoms with Crippen molar-refractivity contribution in [3.8, 4) is 0 Å². The number of nitrogens with one attached hydrogen (secondary N) is 3. The monoisotopic (exact) mass is 429 g/mol. The third-order valence-electron chi connectivity index (χ3n) is 5.29. The Morgan fingerprint density at radius 2 is 1.77 bits per heavy atom. The molecule has 0 aliphatic carbocycles. The van der Waals surface area contributed by atoms with E-state index >= 15 is 0 Å². The molecule has 0 spiro atoms. The van der Waals surface area contributed by atoms with Gasteiger partial charge in [-0.05, 0) is 43.0 Å². The summed E-state index contributed by atoms with van der Waals surface area (Å²) < 4.78 is 26.5. The minimum Gasteiger partial charge on any atom is -0.354 e. The largest absolute Gasteiger partial charge is 0.354 e. The first-order chi connectivity index (χ1) is 14.8. The summed E-state index contributed by atoms with van der Waals surface area (Å²) >= 11 is 0. The number of amides is 3. The average Bonchev–Trinajstić information content (AvgIpc) is 2.89. The van der Waals surface area contributed by atoms with E-state index in [0.29, 0.717) is 13.0 Å². The molecule has 0 bridgehead atoms. The van der Waals surface area contributed by atoms with Gasteiger partial charge in [0.1, 0.15) is 23.7 Å². The highest BCUT2D eigenvalue weighted by molar-refractivity contribution is 5.92. The van der Waals surface area contributed by atoms with Gasteiger partial charge >= 0.3 is 0 Å². The minimum atomic E-state index is -0.910. The van der Waals surface area contributed by atoms with Crippen molar-refractivity contribution >= 4 is 17.7 Å². The van der Waals surface area contributed by atoms with Crippen molar-refractivity contribution in [1.82, 2.24) is 16.0 Å². The maximum atomic E-state index is 13.3. The third-order valence-corrected chi connectivity index (χ3v) is 5.29. The normalized spacial score (nSPS) is 19.6. The van der Waals surface area contributed by atoms with Gasteiger partial charge in [-0.3, -0.25) is 14.4 Å². The van der Waals surface area contributed by atoms with Crippen molar-refractivity contribution in [1.29, 1.82) is 0 Å². The summed E-state index contributed by atoms with van der Waals surface area (Å²) in [6.07, 6.45) is 0.926. The fourth-order valence-corrected chi connectivity index (χ4v) is 3.65. The Labute approximate surface area is 179 Å². The molecule has 1 heterocycles. The molecule has 3 amide bonds. The second kappa shape index (κ2) is 10.1. The third kappa shape index (κ3) is 6.34. The van der Waals surface area contributed by atoms with Crippen molar-refractivity contribution in [2.75, 3.05) is 6.54 Å². The highest BCUT2D eigenvalue weighted by Crippen LogP contribution is 2.23. The molecule has 0 saturated carbocycles. The lowest BCUT2D eigenvalue weighted by molar-refractivity contribution is -0.131. The van der Waals surface area contributed by atoms with Crippen LogP contribution in [0.15, 0.2) is 48.5 Å². The number of rotatable bonds is 6. The molecule has 1 aliphatic rings. The predicted octanol–water partition coefficient (Wildman–Crippen LogP) is 2.19. The number of hydrogen-bond donors (Lipinski definition) is 3. The van der Waals surface area contributed by atoms with Gasteiger partial charge in [-0.15, -0.1) is 0 Å². The van der Waals surface area contributed by atoms with Gasteiger partial charge in [-0.2, -0.15) is 0 Å². The second-order valence-corrected chi connectivity index (χ2v) is 7.73. The number of halogens is 2. The first kappa shape index (κ1) is 22.4. The molecular formula is C23H25F2N3O3. The first-order valence-corrected chi connectivity index (χ1v) is 10.2. The number of carbonyl (C=O) groups is 3. The Morgan fingerprint density at radius 3 is 2.45 bits per heavy atom. The van der Waals surface area contributed by atoms with E-state index in [1.54, 1.807) is 0 Å². The predicted molar refractivity (Wildman–Crippen MR) is 111 cm³/mol. The Kier molecular flexibility index (Phi) is 7.33. The van der Waals surface area contributed by atoms with Gasteiger partial charge in [-0.25, -0.2) is 8.78 Å². The van der Waals surface area contributed by atoms with E-state index in [4.69, 9.17) is 0 Å². The van der Waals surface area contributed by atoms with Crippen LogP contribution in [0.3, 0.4) is 0 Å². The SMILES string of the molecule is C[C@H](NC(=O)Cc1cc(F)cc(F)c1)C(=O)N[C@H]1CC[C@@H](c2ccccc2)CNC1=O. The van der Waals surface area contributed by atoms with Crippen molar-refractivity contribution in [3.05, 3.63) is 71.3 Å². The summed E-state index contributed by atoms with van der Waals surface area (Å²) in [5.41, 5.74) is 1.29. The Balaban J connectivity index is 1.52. The molecule has 0 aromatic heterocycles. The van der Waals surface area contributed by atoms with Crippen molar-refractivity contribution < 1.29 is 23.2 Å². The van der Waals surface area contributed by atoms with Crippen molar-refractivity contribution in [2.45, 2.75) is 44.2 Å². The van der Waals surface area contributed by atoms with Crippen LogP contribution in [0, 0.1) is 11.6 Å². The van der Waals surface area contributed by atoms with E-state index in [0.717, 1.165) is 30.2 Å². The molecule has 1 aliphatic heterocycles. The maximum absolute atomic E-state index is 13.3. The highest BCUT2D eigenvalue weighted by atomic mass is 19.1. The molecule has 0 unspecified atom stereocenters. The van der Waals surface area contributed by atoms with E-state index in [2.05, 4.69) is 16.0 Å². The van der Waals surface area contributed by atoms with Crippen molar-refractivity contribution in [3.63, 3.8) is 0 Å². The lowest BCUT2D eigenvalue weighted by Crippen LogP contribution is -2.52. The fraction of sp³-hybridized carbons (Fsp3) is 0.348. The summed E-state index contributed by atoms with van der Waals surface area (Å²) in [6, 6.07) is 11.1. The number of benzene rings is 2. The van der Waals surface area contributed by atoms with Crippen LogP contribution < -0.4 is 16.0 Å². The van der Waals surface area contributed by atoms with Crippen LogP contribution in [0.25, 0.3) is 0 Å². The van der Waals surface area contributed by atoms with E-state index in [-0.39, 0.29) is 23.8 Å². The summed E-state index contributed by atoms with van der Waals surface area (Å²) in [7, 11) is 0. The molecule has 3 N–H and O–H groups in total. The minimum absolute atomic E-state index is 0.163.